The van der Waals surface area contributed by atoms with Gasteiger partial charge in [0.15, 0.2) is 0 Å². The van der Waals surface area contributed by atoms with E-state index in [9.17, 15) is 24.2 Å². The molecule has 0 saturated carbocycles. The summed E-state index contributed by atoms with van der Waals surface area (Å²) in [4.78, 5) is 37.8. The minimum absolute atomic E-state index is 0.189. The first-order chi connectivity index (χ1) is 11.7. The van der Waals surface area contributed by atoms with Gasteiger partial charge in [-0.05, 0) is 13.3 Å². The lowest BCUT2D eigenvalue weighted by atomic mass is 10.3. The number of aliphatic hydroxyl groups is 2. The van der Waals surface area contributed by atoms with Crippen molar-refractivity contribution in [1.82, 2.24) is 0 Å². The smallest absolute Gasteiger partial charge is 0.450 e. The van der Waals surface area contributed by atoms with Gasteiger partial charge in [0.25, 0.3) is 0 Å². The lowest BCUT2D eigenvalue weighted by Crippen LogP contribution is -2.31. The van der Waals surface area contributed by atoms with Gasteiger partial charge in [-0.25, -0.2) is 4.57 Å². The summed E-state index contributed by atoms with van der Waals surface area (Å²) in [5, 5.41) is 17.8. The Morgan fingerprint density at radius 3 is 2.60 bits per heavy atom. The van der Waals surface area contributed by atoms with Crippen LogP contribution in [0.2, 0.25) is 0 Å². The van der Waals surface area contributed by atoms with Crippen molar-refractivity contribution in [3.8, 4) is 0 Å². The van der Waals surface area contributed by atoms with Crippen molar-refractivity contribution in [2.24, 2.45) is 0 Å². The van der Waals surface area contributed by atoms with Crippen LogP contribution in [0.3, 0.4) is 0 Å². The van der Waals surface area contributed by atoms with E-state index in [0.29, 0.717) is 6.42 Å². The molecule has 0 spiro atoms. The van der Waals surface area contributed by atoms with Crippen LogP contribution >= 0.6 is 7.82 Å². The van der Waals surface area contributed by atoms with Crippen LogP contribution in [0.4, 0.5) is 0 Å². The van der Waals surface area contributed by atoms with Crippen LogP contribution in [-0.2, 0) is 37.3 Å². The van der Waals surface area contributed by atoms with Gasteiger partial charge in [0.1, 0.15) is 13.0 Å². The Bertz CT molecular complexity index is 494. The van der Waals surface area contributed by atoms with Crippen LogP contribution in [0, 0.1) is 0 Å². The maximum atomic E-state index is 11.7. The molecule has 0 aromatic rings. The predicted octanol–water partition coefficient (Wildman–Crippen LogP) is -0.0547. The third-order valence-electron chi connectivity index (χ3n) is 2.85. The zero-order chi connectivity index (χ0) is 19.0. The molecule has 1 unspecified atom stereocenters. The van der Waals surface area contributed by atoms with Crippen molar-refractivity contribution >= 4 is 19.8 Å². The number of phosphoric ester groups is 1. The fourth-order valence-electron chi connectivity index (χ4n) is 1.75. The lowest BCUT2D eigenvalue weighted by Gasteiger charge is -2.16. The highest BCUT2D eigenvalue weighted by Gasteiger charge is 2.56. The van der Waals surface area contributed by atoms with Gasteiger partial charge in [0.2, 0.25) is 6.10 Å². The van der Waals surface area contributed by atoms with Crippen LogP contribution in [0.15, 0.2) is 0 Å². The molecule has 1 aliphatic rings. The maximum Gasteiger partial charge on any atom is 0.555 e. The molecule has 0 bridgehead atoms. The Morgan fingerprint density at radius 1 is 1.36 bits per heavy atom. The normalized spacial score (nSPS) is 21.3. The Morgan fingerprint density at radius 2 is 2.04 bits per heavy atom. The van der Waals surface area contributed by atoms with Gasteiger partial charge in [-0.3, -0.25) is 13.8 Å². The van der Waals surface area contributed by atoms with Gasteiger partial charge < -0.3 is 24.4 Å². The molecule has 0 aromatic carbocycles. The summed E-state index contributed by atoms with van der Waals surface area (Å²) >= 11 is 0. The molecule has 3 N–H and O–H groups in total. The third-order valence-corrected chi connectivity index (χ3v) is 3.83. The van der Waals surface area contributed by atoms with Gasteiger partial charge in [0.05, 0.1) is 25.7 Å². The Labute approximate surface area is 144 Å². The van der Waals surface area contributed by atoms with Crippen molar-refractivity contribution in [3.63, 3.8) is 0 Å². The number of carbonyl (C=O) groups is 2. The number of hydrogen-bond acceptors (Lipinski definition) is 9. The van der Waals surface area contributed by atoms with Gasteiger partial charge >= 0.3 is 26.1 Å². The zero-order valence-electron chi connectivity index (χ0n) is 14.0. The van der Waals surface area contributed by atoms with Crippen LogP contribution in [0.1, 0.15) is 33.1 Å². The van der Waals surface area contributed by atoms with E-state index < -0.39 is 58.1 Å². The number of phosphoric acid groups is 1. The molecule has 1 aliphatic heterocycles. The second-order valence-electron chi connectivity index (χ2n) is 5.29. The van der Waals surface area contributed by atoms with Crippen molar-refractivity contribution in [2.75, 3.05) is 19.8 Å². The molecule has 146 valence electrons. The summed E-state index contributed by atoms with van der Waals surface area (Å²) in [6.07, 6.45) is -2.74. The number of aliphatic hydroxyl groups excluding tert-OH is 2. The largest absolute Gasteiger partial charge is 0.555 e. The summed E-state index contributed by atoms with van der Waals surface area (Å²) < 4.78 is 27.6. The molecule has 25 heavy (non-hydrogen) atoms. The highest BCUT2D eigenvalue weighted by molar-refractivity contribution is 7.47. The average molecular weight is 387 g/mol. The number of rotatable bonds is 12. The van der Waals surface area contributed by atoms with Gasteiger partial charge in [-0.1, -0.05) is 11.8 Å². The Hall–Kier alpha value is -1.07. The molecule has 11 nitrogen and oxygen atoms in total. The molecule has 12 heteroatoms. The average Bonchev–Trinajstić information content (AvgIpc) is 3.29. The molecular weight excluding hydrogens is 363 g/mol. The second kappa shape index (κ2) is 10.2. The summed E-state index contributed by atoms with van der Waals surface area (Å²) in [5.74, 6) is -1.21. The molecule has 1 fully saturated rings. The lowest BCUT2D eigenvalue weighted by molar-refractivity contribution is -0.193. The predicted molar refractivity (Wildman–Crippen MR) is 80.9 cm³/mol. The van der Waals surface area contributed by atoms with Crippen LogP contribution < -0.4 is 0 Å². The van der Waals surface area contributed by atoms with Crippen LogP contribution in [0.5, 0.6) is 0 Å². The Balaban J connectivity index is 2.64. The van der Waals surface area contributed by atoms with E-state index >= 15 is 0 Å². The number of carbonyl (C=O) groups excluding carboxylic acids is 2. The minimum atomic E-state index is -4.47. The summed E-state index contributed by atoms with van der Waals surface area (Å²) in [6, 6.07) is 0. The van der Waals surface area contributed by atoms with Gasteiger partial charge in [0, 0.05) is 4.79 Å². The summed E-state index contributed by atoms with van der Waals surface area (Å²) in [6.45, 7) is 1.67. The SMILES string of the molecule is CCCC(=O)[O+]1O[C@@H]1[C@H](COP(=O)(O)OCCO)OC(=O)C[C@H](C)O. The molecule has 4 atom stereocenters. The molecule has 1 rings (SSSR count). The van der Waals surface area contributed by atoms with Gasteiger partial charge in [-0.15, -0.1) is 0 Å². The van der Waals surface area contributed by atoms with Crippen molar-refractivity contribution in [3.05, 3.63) is 0 Å². The first-order valence-corrected chi connectivity index (χ1v) is 9.23. The maximum absolute atomic E-state index is 11.7. The third kappa shape index (κ3) is 8.23. The van der Waals surface area contributed by atoms with E-state index in [2.05, 4.69) is 4.52 Å². The molecular formula is C13H24O11P+. The van der Waals surface area contributed by atoms with E-state index in [1.165, 1.54) is 6.92 Å². The molecule has 0 amide bonds. The van der Waals surface area contributed by atoms with Crippen LogP contribution in [0.25, 0.3) is 0 Å². The molecule has 0 aromatic heterocycles. The van der Waals surface area contributed by atoms with Crippen molar-refractivity contribution in [1.29, 1.82) is 0 Å². The number of ether oxygens (including phenoxy) is 1. The highest BCUT2D eigenvalue weighted by Crippen LogP contribution is 2.44. The van der Waals surface area contributed by atoms with Crippen LogP contribution in [-0.4, -0.2) is 65.4 Å². The first kappa shape index (κ1) is 22.0. The number of hydrogen-bond donors (Lipinski definition) is 3. The molecule has 0 radical (unpaired) electrons. The fourth-order valence-corrected chi connectivity index (χ4v) is 2.48. The molecule has 1 heterocycles. The van der Waals surface area contributed by atoms with E-state index in [0.717, 1.165) is 0 Å². The van der Waals surface area contributed by atoms with E-state index in [1.807, 2.05) is 4.52 Å². The quantitative estimate of drug-likeness (QED) is 0.136. The molecule has 1 saturated heterocycles. The van der Waals surface area contributed by atoms with Crippen molar-refractivity contribution in [2.45, 2.75) is 51.6 Å². The summed E-state index contributed by atoms with van der Waals surface area (Å²) in [7, 11) is -4.47. The number of esters is 1. The molecule has 0 aliphatic carbocycles. The fraction of sp³-hybridized carbons (Fsp3) is 0.846. The van der Waals surface area contributed by atoms with E-state index in [4.69, 9.17) is 19.3 Å². The highest BCUT2D eigenvalue weighted by atomic mass is 31.2. The van der Waals surface area contributed by atoms with E-state index in [1.54, 1.807) is 6.92 Å². The van der Waals surface area contributed by atoms with E-state index in [-0.39, 0.29) is 12.8 Å². The first-order valence-electron chi connectivity index (χ1n) is 7.73. The minimum Gasteiger partial charge on any atom is -0.450 e. The van der Waals surface area contributed by atoms with Crippen molar-refractivity contribution < 1.29 is 52.5 Å². The zero-order valence-corrected chi connectivity index (χ0v) is 14.9. The second-order valence-corrected chi connectivity index (χ2v) is 6.74. The Kier molecular flexibility index (Phi) is 8.94. The monoisotopic (exact) mass is 387 g/mol. The summed E-state index contributed by atoms with van der Waals surface area (Å²) in [5.41, 5.74) is 0. The van der Waals surface area contributed by atoms with Gasteiger partial charge in [-0.2, -0.15) is 0 Å². The topological polar surface area (TPSA) is 155 Å². The standard InChI is InChI=1S/C13H23O11P/c1-3-4-12(17)24-13(23-24)10(22-11(16)7-9(2)15)8-21-25(18,19)20-6-5-14/h9-10,13-15H,3-8H2,1-2H3/p+1/t9-,10-,13-/m0/s1.